The molecule has 0 saturated heterocycles. The Balaban J connectivity index is 2.23. The molecule has 3 rings (SSSR count). The Kier molecular flexibility index (Phi) is 8.30. The number of aryl methyl sites for hydroxylation is 1. The van der Waals surface area contributed by atoms with Crippen molar-refractivity contribution in [2.45, 2.75) is 31.2 Å². The zero-order valence-electron chi connectivity index (χ0n) is 20.7. The van der Waals surface area contributed by atoms with Crippen molar-refractivity contribution in [3.63, 3.8) is 0 Å². The fraction of sp³-hybridized carbons (Fsp3) is 0.259. The first kappa shape index (κ1) is 27.4. The predicted molar refractivity (Wildman–Crippen MR) is 142 cm³/mol. The third-order valence-corrected chi connectivity index (χ3v) is 7.71. The molecule has 0 saturated carbocycles. The van der Waals surface area contributed by atoms with Gasteiger partial charge in [-0.05, 0) is 49.7 Å². The van der Waals surface area contributed by atoms with Gasteiger partial charge in [0.2, 0.25) is 0 Å². The molecule has 10 heteroatoms. The monoisotopic (exact) mass is 524 g/mol. The van der Waals surface area contributed by atoms with E-state index in [1.54, 1.807) is 49.1 Å². The minimum absolute atomic E-state index is 0.0794. The number of ether oxygens (including phenoxy) is 1. The van der Waals surface area contributed by atoms with E-state index in [1.807, 2.05) is 0 Å². The number of sulfonamides is 1. The van der Waals surface area contributed by atoms with Crippen LogP contribution in [0.3, 0.4) is 0 Å². The van der Waals surface area contributed by atoms with Crippen LogP contribution in [0.25, 0.3) is 10.8 Å². The van der Waals surface area contributed by atoms with Gasteiger partial charge in [-0.25, -0.2) is 8.42 Å². The van der Waals surface area contributed by atoms with Crippen LogP contribution in [0, 0.1) is 19.3 Å². The van der Waals surface area contributed by atoms with Crippen LogP contribution in [-0.2, 0) is 19.6 Å². The largest absolute Gasteiger partial charge is 0.496 e. The van der Waals surface area contributed by atoms with Gasteiger partial charge in [-0.3, -0.25) is 13.9 Å². The third-order valence-electron chi connectivity index (χ3n) is 5.95. The molecule has 0 bridgehead atoms. The maximum absolute atomic E-state index is 13.7. The van der Waals surface area contributed by atoms with Crippen molar-refractivity contribution in [1.82, 2.24) is 0 Å². The second-order valence-corrected chi connectivity index (χ2v) is 10.3. The van der Waals surface area contributed by atoms with Crippen molar-refractivity contribution < 1.29 is 33.0 Å². The summed E-state index contributed by atoms with van der Waals surface area (Å²) in [4.78, 5) is 24.8. The van der Waals surface area contributed by atoms with Crippen LogP contribution in [0.1, 0.15) is 18.9 Å². The summed E-state index contributed by atoms with van der Waals surface area (Å²) in [6, 6.07) is 13.9. The number of fused-ring (bicyclic) bond motifs is 1. The van der Waals surface area contributed by atoms with Crippen molar-refractivity contribution in [2.24, 2.45) is 0 Å². The number of hydrogen-bond acceptors (Lipinski definition) is 6. The van der Waals surface area contributed by atoms with Gasteiger partial charge in [0.15, 0.2) is 0 Å². The van der Waals surface area contributed by atoms with E-state index in [0.29, 0.717) is 27.8 Å². The van der Waals surface area contributed by atoms with Gasteiger partial charge in [-0.2, -0.15) is 0 Å². The standard InChI is InChI=1S/C27H28N2O7S/c1-5-14-28(19(3)16-26(30)31)23-11-12-24(22-9-7-6-8-21(22)23)29(17-27(32)33)37(34,35)20-10-13-25(36-4)18(2)15-20/h1,6-13,15,19H,14,16-17H2,2-4H3,(H,30,31)(H,32,33)/t19-/m0/s1. The zero-order chi connectivity index (χ0) is 27.3. The average molecular weight is 525 g/mol. The third kappa shape index (κ3) is 5.78. The molecule has 1 atom stereocenters. The minimum Gasteiger partial charge on any atom is -0.496 e. The molecule has 0 amide bonds. The van der Waals surface area contributed by atoms with E-state index in [1.165, 1.54) is 31.4 Å². The second-order valence-electron chi connectivity index (χ2n) is 8.47. The lowest BCUT2D eigenvalue weighted by Crippen LogP contribution is -2.37. The number of benzene rings is 3. The molecule has 0 radical (unpaired) electrons. The topological polar surface area (TPSA) is 124 Å². The van der Waals surface area contributed by atoms with Crippen LogP contribution >= 0.6 is 0 Å². The number of carbonyl (C=O) groups is 2. The van der Waals surface area contributed by atoms with E-state index in [0.717, 1.165) is 4.31 Å². The highest BCUT2D eigenvalue weighted by atomic mass is 32.2. The molecule has 9 nitrogen and oxygen atoms in total. The summed E-state index contributed by atoms with van der Waals surface area (Å²) in [5.41, 5.74) is 1.36. The van der Waals surface area contributed by atoms with Gasteiger partial charge in [0, 0.05) is 22.5 Å². The molecular weight excluding hydrogens is 496 g/mol. The maximum atomic E-state index is 13.7. The van der Waals surface area contributed by atoms with Crippen molar-refractivity contribution in [3.05, 3.63) is 60.2 Å². The Labute approximate surface area is 215 Å². The van der Waals surface area contributed by atoms with Crippen LogP contribution in [0.15, 0.2) is 59.5 Å². The lowest BCUT2D eigenvalue weighted by atomic mass is 10.0. The lowest BCUT2D eigenvalue weighted by molar-refractivity contribution is -0.137. The smallest absolute Gasteiger partial charge is 0.324 e. The van der Waals surface area contributed by atoms with Crippen LogP contribution < -0.4 is 13.9 Å². The molecular formula is C27H28N2O7S. The molecule has 0 aliphatic carbocycles. The fourth-order valence-electron chi connectivity index (χ4n) is 4.24. The Morgan fingerprint density at radius 3 is 2.19 bits per heavy atom. The van der Waals surface area contributed by atoms with Crippen molar-refractivity contribution in [2.75, 3.05) is 29.4 Å². The molecule has 3 aromatic rings. The van der Waals surface area contributed by atoms with Gasteiger partial charge in [-0.1, -0.05) is 30.2 Å². The van der Waals surface area contributed by atoms with Crippen LogP contribution in [0.2, 0.25) is 0 Å². The normalized spacial score (nSPS) is 11.9. The molecule has 0 heterocycles. The highest BCUT2D eigenvalue weighted by Crippen LogP contribution is 2.38. The van der Waals surface area contributed by atoms with E-state index in [9.17, 15) is 28.2 Å². The van der Waals surface area contributed by atoms with E-state index in [-0.39, 0.29) is 23.5 Å². The van der Waals surface area contributed by atoms with Crippen molar-refractivity contribution in [1.29, 1.82) is 0 Å². The number of terminal acetylenes is 1. The van der Waals surface area contributed by atoms with Gasteiger partial charge in [-0.15, -0.1) is 6.42 Å². The minimum atomic E-state index is -4.29. The Hall–Kier alpha value is -4.23. The number of aliphatic carboxylic acids is 2. The molecule has 0 unspecified atom stereocenters. The molecule has 3 aromatic carbocycles. The lowest BCUT2D eigenvalue weighted by Gasteiger charge is -2.31. The quantitative estimate of drug-likeness (QED) is 0.364. The molecule has 2 N–H and O–H groups in total. The van der Waals surface area contributed by atoms with Crippen molar-refractivity contribution in [3.8, 4) is 18.1 Å². The number of carboxylic acids is 2. The predicted octanol–water partition coefficient (Wildman–Crippen LogP) is 3.74. The van der Waals surface area contributed by atoms with E-state index < -0.39 is 34.5 Å². The summed E-state index contributed by atoms with van der Waals surface area (Å²) in [5, 5.41) is 20.0. The van der Waals surface area contributed by atoms with Gasteiger partial charge >= 0.3 is 11.9 Å². The summed E-state index contributed by atoms with van der Waals surface area (Å²) in [6.45, 7) is 2.75. The Morgan fingerprint density at radius 1 is 1.03 bits per heavy atom. The number of methoxy groups -OCH3 is 1. The first-order chi connectivity index (χ1) is 17.5. The Morgan fingerprint density at radius 2 is 1.65 bits per heavy atom. The van der Waals surface area contributed by atoms with Gasteiger partial charge < -0.3 is 19.8 Å². The highest BCUT2D eigenvalue weighted by Gasteiger charge is 2.30. The first-order valence-electron chi connectivity index (χ1n) is 11.3. The molecule has 0 fully saturated rings. The number of anilines is 2. The highest BCUT2D eigenvalue weighted by molar-refractivity contribution is 7.92. The summed E-state index contributed by atoms with van der Waals surface area (Å²) in [7, 11) is -2.82. The maximum Gasteiger partial charge on any atom is 0.324 e. The van der Waals surface area contributed by atoms with Crippen molar-refractivity contribution >= 4 is 44.1 Å². The number of hydrogen-bond donors (Lipinski definition) is 2. The zero-order valence-corrected chi connectivity index (χ0v) is 21.5. The Bertz CT molecular complexity index is 1480. The molecule has 0 aromatic heterocycles. The van der Waals surface area contributed by atoms with Crippen LogP contribution in [0.5, 0.6) is 5.75 Å². The number of rotatable bonds is 11. The van der Waals surface area contributed by atoms with Gasteiger partial charge in [0.05, 0.1) is 30.7 Å². The number of carboxylic acid groups (broad SMARTS) is 2. The summed E-state index contributed by atoms with van der Waals surface area (Å²) < 4.78 is 33.5. The summed E-state index contributed by atoms with van der Waals surface area (Å²) in [6.07, 6.45) is 5.41. The SMILES string of the molecule is C#CCN(c1ccc(N(CC(=O)O)S(=O)(=O)c2ccc(OC)c(C)c2)c2ccccc12)[C@@H](C)CC(=O)O. The summed E-state index contributed by atoms with van der Waals surface area (Å²) in [5.74, 6) is 0.740. The van der Waals surface area contributed by atoms with E-state index in [2.05, 4.69) is 5.92 Å². The number of nitrogens with zero attached hydrogens (tertiary/aromatic N) is 2. The first-order valence-corrected chi connectivity index (χ1v) is 12.8. The van der Waals surface area contributed by atoms with Gasteiger partial charge in [0.25, 0.3) is 10.0 Å². The van der Waals surface area contributed by atoms with Crippen LogP contribution in [-0.4, -0.2) is 56.8 Å². The fourth-order valence-corrected chi connectivity index (χ4v) is 5.75. The molecule has 0 aliphatic rings. The average Bonchev–Trinajstić information content (AvgIpc) is 2.84. The second kappa shape index (κ2) is 11.2. The van der Waals surface area contributed by atoms with E-state index >= 15 is 0 Å². The molecule has 194 valence electrons. The molecule has 37 heavy (non-hydrogen) atoms. The molecule has 0 aliphatic heterocycles. The van der Waals surface area contributed by atoms with E-state index in [4.69, 9.17) is 11.2 Å². The molecule has 0 spiro atoms. The van der Waals surface area contributed by atoms with Gasteiger partial charge in [0.1, 0.15) is 12.3 Å². The summed E-state index contributed by atoms with van der Waals surface area (Å²) >= 11 is 0. The van der Waals surface area contributed by atoms with Crippen LogP contribution in [0.4, 0.5) is 11.4 Å².